The fraction of sp³-hybridized carbons (Fsp3) is 0.227. The van der Waals surface area contributed by atoms with E-state index in [0.29, 0.717) is 18.8 Å². The average molecular weight is 364 g/mol. The van der Waals surface area contributed by atoms with Crippen molar-refractivity contribution in [3.63, 3.8) is 0 Å². The van der Waals surface area contributed by atoms with Crippen LogP contribution in [-0.2, 0) is 13.0 Å². The summed E-state index contributed by atoms with van der Waals surface area (Å²) in [4.78, 5) is 4.29. The van der Waals surface area contributed by atoms with E-state index >= 15 is 0 Å². The van der Waals surface area contributed by atoms with Crippen LogP contribution in [0.25, 0.3) is 11.1 Å². The maximum atomic E-state index is 13.1. The normalized spacial score (nSPS) is 15.8. The summed E-state index contributed by atoms with van der Waals surface area (Å²) in [6, 6.07) is 14.0. The summed E-state index contributed by atoms with van der Waals surface area (Å²) in [6.07, 6.45) is 5.44. The summed E-state index contributed by atoms with van der Waals surface area (Å²) in [5.41, 5.74) is 4.01. The number of rotatable bonds is 5. The van der Waals surface area contributed by atoms with Crippen LogP contribution in [0.5, 0.6) is 11.5 Å². The minimum atomic E-state index is -0.246. The second kappa shape index (κ2) is 7.76. The van der Waals surface area contributed by atoms with Crippen molar-refractivity contribution in [1.82, 2.24) is 10.3 Å². The maximum Gasteiger partial charge on any atom is 0.164 e. The molecule has 1 atom stereocenters. The summed E-state index contributed by atoms with van der Waals surface area (Å²) in [5, 5.41) is 13.4. The lowest BCUT2D eigenvalue weighted by molar-refractivity contribution is 0.163. The molecule has 138 valence electrons. The quantitative estimate of drug-likeness (QED) is 0.716. The lowest BCUT2D eigenvalue weighted by Gasteiger charge is -2.26. The molecule has 1 aliphatic rings. The van der Waals surface area contributed by atoms with Crippen molar-refractivity contribution in [2.45, 2.75) is 25.5 Å². The van der Waals surface area contributed by atoms with Gasteiger partial charge < -0.3 is 15.2 Å². The zero-order valence-electron chi connectivity index (χ0n) is 14.9. The van der Waals surface area contributed by atoms with Gasteiger partial charge in [-0.1, -0.05) is 24.3 Å². The molecule has 4 nitrogen and oxygen atoms in total. The summed E-state index contributed by atoms with van der Waals surface area (Å²) in [5.74, 6) is 0.563. The largest absolute Gasteiger partial charge is 0.504 e. The molecule has 1 aromatic heterocycles. The molecule has 0 bridgehead atoms. The van der Waals surface area contributed by atoms with Crippen molar-refractivity contribution < 1.29 is 14.2 Å². The monoisotopic (exact) mass is 364 g/mol. The minimum absolute atomic E-state index is 0.0269. The van der Waals surface area contributed by atoms with Gasteiger partial charge in [0.05, 0.1) is 0 Å². The number of phenolic OH excluding ortho intramolecular Hbond substituents is 1. The van der Waals surface area contributed by atoms with E-state index in [4.69, 9.17) is 4.74 Å². The second-order valence-electron chi connectivity index (χ2n) is 6.76. The number of nitrogens with one attached hydrogen (secondary N) is 1. The number of aryl methyl sites for hydroxylation is 1. The first-order chi connectivity index (χ1) is 13.2. The third kappa shape index (κ3) is 4.09. The Morgan fingerprint density at radius 1 is 1.11 bits per heavy atom. The highest BCUT2D eigenvalue weighted by Crippen LogP contribution is 2.35. The van der Waals surface area contributed by atoms with Crippen LogP contribution >= 0.6 is 0 Å². The molecule has 0 spiro atoms. The Hall–Kier alpha value is -2.92. The molecule has 0 radical (unpaired) electrons. The maximum absolute atomic E-state index is 13.1. The van der Waals surface area contributed by atoms with Gasteiger partial charge in [-0.05, 0) is 53.8 Å². The number of nitrogens with zero attached hydrogens (tertiary/aromatic N) is 1. The standard InChI is InChI=1S/C22H21FN2O2/c23-19-7-4-16(5-8-19)18-10-15(11-24-13-18)12-25-14-20-9-6-17-2-1-3-21(26)22(17)27-20/h1-5,7-8,10-11,13,20,25-26H,6,9,12,14H2/t20-/m1/s1. The number of fused-ring (bicyclic) bond motifs is 1. The average Bonchev–Trinajstić information content (AvgIpc) is 2.69. The number of ether oxygens (including phenoxy) is 1. The molecule has 0 saturated carbocycles. The van der Waals surface area contributed by atoms with Gasteiger partial charge in [0, 0.05) is 31.0 Å². The van der Waals surface area contributed by atoms with Crippen molar-refractivity contribution in [2.75, 3.05) is 6.54 Å². The molecule has 2 heterocycles. The van der Waals surface area contributed by atoms with E-state index in [2.05, 4.69) is 16.4 Å². The number of hydrogen-bond acceptors (Lipinski definition) is 4. The van der Waals surface area contributed by atoms with Crippen molar-refractivity contribution in [3.8, 4) is 22.6 Å². The topological polar surface area (TPSA) is 54.4 Å². The Balaban J connectivity index is 1.35. The van der Waals surface area contributed by atoms with Gasteiger partial charge in [-0.25, -0.2) is 4.39 Å². The lowest BCUT2D eigenvalue weighted by Crippen LogP contribution is -2.34. The Kier molecular flexibility index (Phi) is 5.03. The minimum Gasteiger partial charge on any atom is -0.504 e. The van der Waals surface area contributed by atoms with Crippen LogP contribution in [0, 0.1) is 5.82 Å². The molecule has 0 amide bonds. The smallest absolute Gasteiger partial charge is 0.164 e. The van der Waals surface area contributed by atoms with Crippen molar-refractivity contribution in [3.05, 3.63) is 77.9 Å². The molecule has 5 heteroatoms. The van der Waals surface area contributed by atoms with Gasteiger partial charge in [0.1, 0.15) is 11.9 Å². The van der Waals surface area contributed by atoms with Gasteiger partial charge in [0.15, 0.2) is 11.5 Å². The fourth-order valence-electron chi connectivity index (χ4n) is 3.35. The lowest BCUT2D eigenvalue weighted by atomic mass is 10.0. The SMILES string of the molecule is Oc1cccc2c1O[C@@H](CNCc1cncc(-c3ccc(F)cc3)c1)CC2. The van der Waals surface area contributed by atoms with Crippen LogP contribution in [0.1, 0.15) is 17.5 Å². The number of para-hydroxylation sites is 1. The van der Waals surface area contributed by atoms with Crippen LogP contribution in [0.4, 0.5) is 4.39 Å². The number of aromatic nitrogens is 1. The van der Waals surface area contributed by atoms with E-state index in [1.807, 2.05) is 18.3 Å². The van der Waals surface area contributed by atoms with Crippen molar-refractivity contribution in [1.29, 1.82) is 0 Å². The number of halogens is 1. The zero-order valence-corrected chi connectivity index (χ0v) is 14.9. The summed E-state index contributed by atoms with van der Waals surface area (Å²) in [6.45, 7) is 1.35. The first kappa shape index (κ1) is 17.5. The van der Waals surface area contributed by atoms with E-state index in [-0.39, 0.29) is 17.7 Å². The molecule has 0 saturated heterocycles. The highest BCUT2D eigenvalue weighted by atomic mass is 19.1. The molecule has 0 unspecified atom stereocenters. The molecular weight excluding hydrogens is 343 g/mol. The second-order valence-corrected chi connectivity index (χ2v) is 6.76. The fourth-order valence-corrected chi connectivity index (χ4v) is 3.35. The van der Waals surface area contributed by atoms with Gasteiger partial charge in [0.2, 0.25) is 0 Å². The molecule has 4 rings (SSSR count). The van der Waals surface area contributed by atoms with Gasteiger partial charge >= 0.3 is 0 Å². The van der Waals surface area contributed by atoms with E-state index in [1.165, 1.54) is 12.1 Å². The van der Waals surface area contributed by atoms with Gasteiger partial charge in [-0.15, -0.1) is 0 Å². The number of pyridine rings is 1. The molecule has 0 fully saturated rings. The highest BCUT2D eigenvalue weighted by molar-refractivity contribution is 5.62. The molecule has 0 aliphatic carbocycles. The van der Waals surface area contributed by atoms with Crippen LogP contribution in [0.3, 0.4) is 0 Å². The predicted octanol–water partition coefficient (Wildman–Crippen LogP) is 4.08. The van der Waals surface area contributed by atoms with Gasteiger partial charge in [-0.2, -0.15) is 0 Å². The molecule has 27 heavy (non-hydrogen) atoms. The van der Waals surface area contributed by atoms with Gasteiger partial charge in [0.25, 0.3) is 0 Å². The summed E-state index contributed by atoms with van der Waals surface area (Å²) >= 11 is 0. The number of benzene rings is 2. The van der Waals surface area contributed by atoms with Gasteiger partial charge in [-0.3, -0.25) is 4.98 Å². The molecule has 3 aromatic rings. The summed E-state index contributed by atoms with van der Waals surface area (Å²) < 4.78 is 19.0. The van der Waals surface area contributed by atoms with Crippen LogP contribution in [-0.4, -0.2) is 22.7 Å². The first-order valence-electron chi connectivity index (χ1n) is 9.07. The third-order valence-electron chi connectivity index (χ3n) is 4.77. The third-order valence-corrected chi connectivity index (χ3v) is 4.77. The predicted molar refractivity (Wildman–Crippen MR) is 102 cm³/mol. The molecule has 1 aliphatic heterocycles. The number of phenols is 1. The Labute approximate surface area is 157 Å². The Morgan fingerprint density at radius 3 is 2.81 bits per heavy atom. The molecule has 2 N–H and O–H groups in total. The molecular formula is C22H21FN2O2. The van der Waals surface area contributed by atoms with Crippen molar-refractivity contribution >= 4 is 0 Å². The van der Waals surface area contributed by atoms with Crippen LogP contribution in [0.15, 0.2) is 60.9 Å². The van der Waals surface area contributed by atoms with Crippen molar-refractivity contribution in [2.24, 2.45) is 0 Å². The Bertz CT molecular complexity index is 928. The number of aromatic hydroxyl groups is 1. The zero-order chi connectivity index (χ0) is 18.6. The van der Waals surface area contributed by atoms with E-state index in [0.717, 1.165) is 35.1 Å². The van der Waals surface area contributed by atoms with Crippen LogP contribution < -0.4 is 10.1 Å². The van der Waals surface area contributed by atoms with Crippen LogP contribution in [0.2, 0.25) is 0 Å². The van der Waals surface area contributed by atoms with E-state index < -0.39 is 0 Å². The Morgan fingerprint density at radius 2 is 1.96 bits per heavy atom. The van der Waals surface area contributed by atoms with E-state index in [9.17, 15) is 9.50 Å². The first-order valence-corrected chi connectivity index (χ1v) is 9.07. The highest BCUT2D eigenvalue weighted by Gasteiger charge is 2.21. The summed E-state index contributed by atoms with van der Waals surface area (Å²) in [7, 11) is 0. The number of hydrogen-bond donors (Lipinski definition) is 2. The molecule has 2 aromatic carbocycles. The van der Waals surface area contributed by atoms with E-state index in [1.54, 1.807) is 24.4 Å².